The number of hydrogen-bond donors (Lipinski definition) is 2. The highest BCUT2D eigenvalue weighted by atomic mass is 19.1. The Bertz CT molecular complexity index is 1240. The Labute approximate surface area is 209 Å². The van der Waals surface area contributed by atoms with Crippen molar-refractivity contribution in [1.29, 1.82) is 0 Å². The van der Waals surface area contributed by atoms with Gasteiger partial charge in [0.1, 0.15) is 17.3 Å². The molecule has 0 fully saturated rings. The molecule has 3 aromatic carbocycles. The van der Waals surface area contributed by atoms with Crippen molar-refractivity contribution in [2.75, 3.05) is 0 Å². The molecule has 0 saturated carbocycles. The number of nitrogens with one attached hydrogen (secondary N) is 2. The van der Waals surface area contributed by atoms with E-state index in [0.717, 1.165) is 18.4 Å². The first-order valence-electron chi connectivity index (χ1n) is 11.9. The van der Waals surface area contributed by atoms with Crippen LogP contribution in [0, 0.1) is 5.82 Å². The number of imidazole rings is 1. The van der Waals surface area contributed by atoms with Gasteiger partial charge in [-0.15, -0.1) is 0 Å². The lowest BCUT2D eigenvalue weighted by atomic mass is 9.97. The highest BCUT2D eigenvalue weighted by Crippen LogP contribution is 2.22. The predicted octanol–water partition coefficient (Wildman–Crippen LogP) is 5.20. The molecular formula is C29H28FN3O3. The largest absolute Gasteiger partial charge is 0.457 e. The molecule has 0 bridgehead atoms. The fourth-order valence-electron chi connectivity index (χ4n) is 3.91. The molecule has 0 aliphatic heterocycles. The van der Waals surface area contributed by atoms with E-state index in [-0.39, 0.29) is 30.3 Å². The number of carbonyl (C=O) groups is 2. The molecule has 36 heavy (non-hydrogen) atoms. The van der Waals surface area contributed by atoms with E-state index in [0.29, 0.717) is 23.6 Å². The summed E-state index contributed by atoms with van der Waals surface area (Å²) < 4.78 is 18.8. The molecule has 2 N–H and O–H groups in total. The number of ketones is 1. The molecule has 0 unspecified atom stereocenters. The van der Waals surface area contributed by atoms with Gasteiger partial charge in [0.25, 0.3) is 0 Å². The highest BCUT2D eigenvalue weighted by Gasteiger charge is 2.21. The second-order valence-electron chi connectivity index (χ2n) is 8.59. The van der Waals surface area contributed by atoms with Gasteiger partial charge < -0.3 is 15.0 Å². The van der Waals surface area contributed by atoms with Crippen molar-refractivity contribution in [3.63, 3.8) is 0 Å². The number of aromatic amines is 1. The summed E-state index contributed by atoms with van der Waals surface area (Å²) in [6.45, 7) is 0. The van der Waals surface area contributed by atoms with Crippen molar-refractivity contribution >= 4 is 11.7 Å². The second kappa shape index (κ2) is 12.4. The lowest BCUT2D eigenvalue weighted by Crippen LogP contribution is -2.42. The van der Waals surface area contributed by atoms with E-state index in [4.69, 9.17) is 4.74 Å². The molecule has 0 spiro atoms. The first kappa shape index (κ1) is 24.9. The van der Waals surface area contributed by atoms with Gasteiger partial charge in [-0.05, 0) is 66.8 Å². The molecule has 6 nitrogen and oxygen atoms in total. The lowest BCUT2D eigenvalue weighted by Gasteiger charge is -2.18. The van der Waals surface area contributed by atoms with Crippen molar-refractivity contribution in [2.45, 2.75) is 38.1 Å². The first-order chi connectivity index (χ1) is 17.5. The fourth-order valence-corrected chi connectivity index (χ4v) is 3.91. The van der Waals surface area contributed by atoms with Crippen LogP contribution in [0.2, 0.25) is 0 Å². The third-order valence-corrected chi connectivity index (χ3v) is 5.78. The summed E-state index contributed by atoms with van der Waals surface area (Å²) in [7, 11) is 0. The van der Waals surface area contributed by atoms with Gasteiger partial charge in [0.05, 0.1) is 18.8 Å². The molecule has 1 atom stereocenters. The predicted molar refractivity (Wildman–Crippen MR) is 135 cm³/mol. The average molecular weight is 486 g/mol. The van der Waals surface area contributed by atoms with Crippen LogP contribution in [0.4, 0.5) is 4.39 Å². The van der Waals surface area contributed by atoms with Gasteiger partial charge in [-0.25, -0.2) is 9.37 Å². The van der Waals surface area contributed by atoms with Crippen molar-refractivity contribution in [2.24, 2.45) is 0 Å². The normalized spacial score (nSPS) is 11.6. The fraction of sp³-hybridized carbons (Fsp3) is 0.207. The summed E-state index contributed by atoms with van der Waals surface area (Å²) in [6, 6.07) is 22.5. The number of benzene rings is 3. The number of carbonyl (C=O) groups excluding carboxylic acids is 2. The van der Waals surface area contributed by atoms with E-state index >= 15 is 0 Å². The van der Waals surface area contributed by atoms with E-state index in [2.05, 4.69) is 27.4 Å². The number of hydrogen-bond acceptors (Lipinski definition) is 4. The maximum absolute atomic E-state index is 13.2. The van der Waals surface area contributed by atoms with E-state index in [1.807, 2.05) is 30.3 Å². The summed E-state index contributed by atoms with van der Waals surface area (Å²) >= 11 is 0. The molecule has 1 amide bonds. The van der Waals surface area contributed by atoms with Crippen LogP contribution in [0.1, 0.15) is 29.7 Å². The standard InChI is InChI=1S/C29H28FN3O3/c30-23-11-15-26(16-12-23)36-25-13-9-22(10-14-25)17-28(34)27(8-4-7-21-5-2-1-3-6-21)33-29(35)18-24-19-31-20-32-24/h1-3,5-6,9-16,19-20,27H,4,7-8,17-18H2,(H,31,32)(H,33,35)/t27-/m0/s1. The Balaban J connectivity index is 1.36. The molecule has 0 saturated heterocycles. The number of amides is 1. The van der Waals surface area contributed by atoms with Crippen LogP contribution in [0.15, 0.2) is 91.4 Å². The number of Topliss-reactive ketones (excluding diaryl/α,β-unsaturated/α-hetero) is 1. The van der Waals surface area contributed by atoms with E-state index in [1.54, 1.807) is 30.5 Å². The maximum Gasteiger partial charge on any atom is 0.226 e. The topological polar surface area (TPSA) is 84.1 Å². The van der Waals surface area contributed by atoms with Crippen LogP contribution >= 0.6 is 0 Å². The molecule has 0 aliphatic carbocycles. The average Bonchev–Trinajstić information content (AvgIpc) is 3.39. The van der Waals surface area contributed by atoms with Crippen LogP contribution < -0.4 is 10.1 Å². The number of rotatable bonds is 12. The molecule has 0 aliphatic rings. The molecule has 0 radical (unpaired) electrons. The number of H-pyrrole nitrogens is 1. The molecule has 1 aromatic heterocycles. The molecular weight excluding hydrogens is 457 g/mol. The van der Waals surface area contributed by atoms with Gasteiger partial charge in [-0.1, -0.05) is 42.5 Å². The SMILES string of the molecule is O=C(Cc1cnc[nH]1)N[C@@H](CCCc1ccccc1)C(=O)Cc1ccc(Oc2ccc(F)cc2)cc1. The number of aryl methyl sites for hydroxylation is 1. The van der Waals surface area contributed by atoms with E-state index in [9.17, 15) is 14.0 Å². The van der Waals surface area contributed by atoms with Gasteiger partial charge in [0, 0.05) is 18.3 Å². The highest BCUT2D eigenvalue weighted by molar-refractivity contribution is 5.90. The zero-order valence-corrected chi connectivity index (χ0v) is 19.8. The van der Waals surface area contributed by atoms with Crippen LogP contribution in [0.25, 0.3) is 0 Å². The second-order valence-corrected chi connectivity index (χ2v) is 8.59. The van der Waals surface area contributed by atoms with E-state index in [1.165, 1.54) is 24.0 Å². The van der Waals surface area contributed by atoms with Gasteiger partial charge in [0.15, 0.2) is 5.78 Å². The molecule has 1 heterocycles. The van der Waals surface area contributed by atoms with Gasteiger partial charge in [-0.3, -0.25) is 9.59 Å². The third-order valence-electron chi connectivity index (χ3n) is 5.78. The zero-order chi connectivity index (χ0) is 25.2. The Morgan fingerprint density at radius 1 is 0.889 bits per heavy atom. The van der Waals surface area contributed by atoms with Crippen molar-refractivity contribution in [3.05, 3.63) is 114 Å². The number of nitrogens with zero attached hydrogens (tertiary/aromatic N) is 1. The minimum atomic E-state index is -0.584. The minimum Gasteiger partial charge on any atom is -0.457 e. The first-order valence-corrected chi connectivity index (χ1v) is 11.9. The summed E-state index contributed by atoms with van der Waals surface area (Å²) in [5.41, 5.74) is 2.71. The summed E-state index contributed by atoms with van der Waals surface area (Å²) in [4.78, 5) is 32.6. The molecule has 184 valence electrons. The monoisotopic (exact) mass is 485 g/mol. The number of ether oxygens (including phenoxy) is 1. The van der Waals surface area contributed by atoms with Crippen LogP contribution in [0.3, 0.4) is 0 Å². The smallest absolute Gasteiger partial charge is 0.226 e. The molecule has 4 rings (SSSR count). The van der Waals surface area contributed by atoms with Crippen LogP contribution in [0.5, 0.6) is 11.5 Å². The summed E-state index contributed by atoms with van der Waals surface area (Å²) in [6.07, 6.45) is 5.60. The van der Waals surface area contributed by atoms with Gasteiger partial charge >= 0.3 is 0 Å². The Morgan fingerprint density at radius 3 is 2.25 bits per heavy atom. The van der Waals surface area contributed by atoms with Gasteiger partial charge in [-0.2, -0.15) is 0 Å². The summed E-state index contributed by atoms with van der Waals surface area (Å²) in [5, 5.41) is 2.92. The van der Waals surface area contributed by atoms with Crippen molar-refractivity contribution < 1.29 is 18.7 Å². The number of aromatic nitrogens is 2. The Hall–Kier alpha value is -4.26. The Morgan fingerprint density at radius 2 is 1.58 bits per heavy atom. The van der Waals surface area contributed by atoms with Crippen LogP contribution in [-0.4, -0.2) is 27.7 Å². The van der Waals surface area contributed by atoms with Crippen LogP contribution in [-0.2, 0) is 28.9 Å². The maximum atomic E-state index is 13.2. The quantitative estimate of drug-likeness (QED) is 0.289. The van der Waals surface area contributed by atoms with Gasteiger partial charge in [0.2, 0.25) is 5.91 Å². The van der Waals surface area contributed by atoms with Crippen molar-refractivity contribution in [3.8, 4) is 11.5 Å². The number of halogens is 1. The summed E-state index contributed by atoms with van der Waals surface area (Å²) in [5.74, 6) is 0.517. The molecule has 7 heteroatoms. The van der Waals surface area contributed by atoms with E-state index < -0.39 is 6.04 Å². The molecule has 4 aromatic rings. The zero-order valence-electron chi connectivity index (χ0n) is 19.8. The lowest BCUT2D eigenvalue weighted by molar-refractivity contribution is -0.127. The Kier molecular flexibility index (Phi) is 8.59. The van der Waals surface area contributed by atoms with Crippen molar-refractivity contribution in [1.82, 2.24) is 15.3 Å². The third kappa shape index (κ3) is 7.63. The minimum absolute atomic E-state index is 0.0479.